The highest BCUT2D eigenvalue weighted by Crippen LogP contribution is 2.21. The Hall–Kier alpha value is -2.80. The average Bonchev–Trinajstić information content (AvgIpc) is 2.82. The number of anilines is 1. The summed E-state index contributed by atoms with van der Waals surface area (Å²) in [6, 6.07) is 9.88. The van der Waals surface area contributed by atoms with E-state index in [4.69, 9.17) is 0 Å². The van der Waals surface area contributed by atoms with Crippen LogP contribution >= 0.6 is 0 Å². The zero-order chi connectivity index (χ0) is 19.4. The lowest BCUT2D eigenvalue weighted by Crippen LogP contribution is -2.14. The zero-order valence-corrected chi connectivity index (χ0v) is 16.5. The first-order valence-corrected chi connectivity index (χ1v) is 8.90. The standard InChI is InChI=1S/C22H27N3O/c1-14(2)13-25-17(5)10-19(18(25)6)11-20(12-23)22(26)24-21-8-7-15(3)9-16(21)4/h7-11,14H,13H2,1-6H3,(H,24,26)/b20-11+. The lowest BCUT2D eigenvalue weighted by Gasteiger charge is -2.12. The molecule has 0 saturated heterocycles. The third-order valence-electron chi connectivity index (χ3n) is 4.46. The highest BCUT2D eigenvalue weighted by molar-refractivity contribution is 6.10. The van der Waals surface area contributed by atoms with Crippen LogP contribution in [0, 0.1) is 44.9 Å². The molecular formula is C22H27N3O. The van der Waals surface area contributed by atoms with Gasteiger partial charge in [-0.25, -0.2) is 0 Å². The quantitative estimate of drug-likeness (QED) is 0.615. The van der Waals surface area contributed by atoms with Crippen LogP contribution in [0.1, 0.15) is 41.9 Å². The second kappa shape index (κ2) is 8.05. The van der Waals surface area contributed by atoms with E-state index in [-0.39, 0.29) is 11.5 Å². The highest BCUT2D eigenvalue weighted by Gasteiger charge is 2.14. The molecule has 0 aliphatic rings. The first-order valence-electron chi connectivity index (χ1n) is 8.90. The maximum absolute atomic E-state index is 12.6. The molecule has 0 bridgehead atoms. The molecule has 1 N–H and O–H groups in total. The second-order valence-electron chi connectivity index (χ2n) is 7.27. The van der Waals surface area contributed by atoms with Crippen LogP contribution in [-0.4, -0.2) is 10.5 Å². The summed E-state index contributed by atoms with van der Waals surface area (Å²) in [4.78, 5) is 12.6. The van der Waals surface area contributed by atoms with E-state index in [0.717, 1.165) is 40.3 Å². The molecule has 0 aliphatic carbocycles. The molecule has 1 heterocycles. The maximum Gasteiger partial charge on any atom is 0.266 e. The van der Waals surface area contributed by atoms with Crippen molar-refractivity contribution in [1.29, 1.82) is 5.26 Å². The summed E-state index contributed by atoms with van der Waals surface area (Å²) < 4.78 is 2.23. The van der Waals surface area contributed by atoms with E-state index in [1.807, 2.05) is 51.1 Å². The van der Waals surface area contributed by atoms with Gasteiger partial charge >= 0.3 is 0 Å². The number of benzene rings is 1. The number of carbonyl (C=O) groups excluding carboxylic acids is 1. The van der Waals surface area contributed by atoms with Crippen molar-refractivity contribution in [2.75, 3.05) is 5.32 Å². The van der Waals surface area contributed by atoms with Gasteiger partial charge in [0.05, 0.1) is 0 Å². The van der Waals surface area contributed by atoms with E-state index in [1.54, 1.807) is 6.08 Å². The van der Waals surface area contributed by atoms with Gasteiger partial charge in [-0.2, -0.15) is 5.26 Å². The SMILES string of the molecule is Cc1ccc(NC(=O)/C(C#N)=C/c2cc(C)n(CC(C)C)c2C)c(C)c1. The Kier molecular flexibility index (Phi) is 6.05. The molecule has 26 heavy (non-hydrogen) atoms. The third kappa shape index (κ3) is 4.43. The van der Waals surface area contributed by atoms with Crippen LogP contribution in [-0.2, 0) is 11.3 Å². The molecular weight excluding hydrogens is 322 g/mol. The van der Waals surface area contributed by atoms with Crippen molar-refractivity contribution in [3.63, 3.8) is 0 Å². The predicted molar refractivity (Wildman–Crippen MR) is 107 cm³/mol. The molecule has 0 saturated carbocycles. The molecule has 136 valence electrons. The van der Waals surface area contributed by atoms with Gasteiger partial charge in [0.25, 0.3) is 5.91 Å². The fraction of sp³-hybridized carbons (Fsp3) is 0.364. The summed E-state index contributed by atoms with van der Waals surface area (Å²) >= 11 is 0. The van der Waals surface area contributed by atoms with E-state index in [9.17, 15) is 10.1 Å². The Balaban J connectivity index is 2.30. The molecule has 0 radical (unpaired) electrons. The minimum Gasteiger partial charge on any atom is -0.348 e. The molecule has 0 atom stereocenters. The summed E-state index contributed by atoms with van der Waals surface area (Å²) in [5, 5.41) is 12.3. The zero-order valence-electron chi connectivity index (χ0n) is 16.5. The first-order chi connectivity index (χ1) is 12.2. The fourth-order valence-electron chi connectivity index (χ4n) is 3.07. The Bertz CT molecular complexity index is 895. The highest BCUT2D eigenvalue weighted by atomic mass is 16.1. The minimum absolute atomic E-state index is 0.106. The molecule has 1 aromatic heterocycles. The fourth-order valence-corrected chi connectivity index (χ4v) is 3.07. The second-order valence-corrected chi connectivity index (χ2v) is 7.27. The Morgan fingerprint density at radius 2 is 1.92 bits per heavy atom. The van der Waals surface area contributed by atoms with Crippen molar-refractivity contribution >= 4 is 17.7 Å². The van der Waals surface area contributed by atoms with Gasteiger partial charge in [-0.1, -0.05) is 31.5 Å². The minimum atomic E-state index is -0.381. The molecule has 0 spiro atoms. The van der Waals surface area contributed by atoms with Crippen LogP contribution in [0.25, 0.3) is 6.08 Å². The van der Waals surface area contributed by atoms with Gasteiger partial charge in [0.1, 0.15) is 11.6 Å². The van der Waals surface area contributed by atoms with Crippen molar-refractivity contribution in [1.82, 2.24) is 4.57 Å². The van der Waals surface area contributed by atoms with Crippen LogP contribution < -0.4 is 5.32 Å². The van der Waals surface area contributed by atoms with Gasteiger partial charge in [0.2, 0.25) is 0 Å². The topological polar surface area (TPSA) is 57.8 Å². The molecule has 1 amide bonds. The van der Waals surface area contributed by atoms with Crippen LogP contribution in [0.5, 0.6) is 0 Å². The number of aryl methyl sites for hydroxylation is 3. The average molecular weight is 349 g/mol. The van der Waals surface area contributed by atoms with Crippen LogP contribution in [0.4, 0.5) is 5.69 Å². The number of hydrogen-bond donors (Lipinski definition) is 1. The number of carbonyl (C=O) groups is 1. The van der Waals surface area contributed by atoms with E-state index >= 15 is 0 Å². The molecule has 2 rings (SSSR count). The van der Waals surface area contributed by atoms with E-state index < -0.39 is 0 Å². The summed E-state index contributed by atoms with van der Waals surface area (Å²) in [5.41, 5.74) is 6.06. The van der Waals surface area contributed by atoms with Gasteiger partial charge in [-0.15, -0.1) is 0 Å². The lowest BCUT2D eigenvalue weighted by molar-refractivity contribution is -0.112. The van der Waals surface area contributed by atoms with Crippen molar-refractivity contribution in [3.8, 4) is 6.07 Å². The molecule has 0 fully saturated rings. The number of nitrogens with one attached hydrogen (secondary N) is 1. The van der Waals surface area contributed by atoms with E-state index in [0.29, 0.717) is 5.92 Å². The van der Waals surface area contributed by atoms with Crippen molar-refractivity contribution in [2.24, 2.45) is 5.92 Å². The molecule has 1 aromatic carbocycles. The van der Waals surface area contributed by atoms with Crippen molar-refractivity contribution in [2.45, 2.75) is 48.1 Å². The van der Waals surface area contributed by atoms with E-state index in [1.165, 1.54) is 0 Å². The van der Waals surface area contributed by atoms with Crippen molar-refractivity contribution in [3.05, 3.63) is 57.9 Å². The predicted octanol–water partition coefficient (Wildman–Crippen LogP) is 4.92. The van der Waals surface area contributed by atoms with Crippen LogP contribution in [0.2, 0.25) is 0 Å². The number of nitriles is 1. The molecule has 0 aliphatic heterocycles. The first kappa shape index (κ1) is 19.5. The molecule has 2 aromatic rings. The molecule has 4 nitrogen and oxygen atoms in total. The molecule has 0 unspecified atom stereocenters. The van der Waals surface area contributed by atoms with E-state index in [2.05, 4.69) is 30.7 Å². The lowest BCUT2D eigenvalue weighted by atomic mass is 10.1. The van der Waals surface area contributed by atoms with Gasteiger partial charge in [0.15, 0.2) is 0 Å². The van der Waals surface area contributed by atoms with Crippen LogP contribution in [0.15, 0.2) is 29.8 Å². The van der Waals surface area contributed by atoms with Gasteiger partial charge in [0, 0.05) is 23.6 Å². The van der Waals surface area contributed by atoms with Crippen molar-refractivity contribution < 1.29 is 4.79 Å². The summed E-state index contributed by atoms with van der Waals surface area (Å²) in [6.07, 6.45) is 1.68. The number of amides is 1. The summed E-state index contributed by atoms with van der Waals surface area (Å²) in [5.74, 6) is 0.146. The van der Waals surface area contributed by atoms with Gasteiger partial charge in [-0.3, -0.25) is 4.79 Å². The number of aromatic nitrogens is 1. The monoisotopic (exact) mass is 349 g/mol. The summed E-state index contributed by atoms with van der Waals surface area (Å²) in [7, 11) is 0. The Morgan fingerprint density at radius 3 is 2.50 bits per heavy atom. The Labute approximate surface area is 156 Å². The molecule has 4 heteroatoms. The largest absolute Gasteiger partial charge is 0.348 e. The number of nitrogens with zero attached hydrogens (tertiary/aromatic N) is 2. The summed E-state index contributed by atoms with van der Waals surface area (Å²) in [6.45, 7) is 13.3. The smallest absolute Gasteiger partial charge is 0.266 e. The van der Waals surface area contributed by atoms with Crippen LogP contribution in [0.3, 0.4) is 0 Å². The number of hydrogen-bond acceptors (Lipinski definition) is 2. The number of rotatable bonds is 5. The maximum atomic E-state index is 12.6. The van der Waals surface area contributed by atoms with Gasteiger partial charge < -0.3 is 9.88 Å². The van der Waals surface area contributed by atoms with Gasteiger partial charge in [-0.05, 0) is 62.9 Å². The normalized spacial score (nSPS) is 11.5. The Morgan fingerprint density at radius 1 is 1.23 bits per heavy atom. The third-order valence-corrected chi connectivity index (χ3v) is 4.46.